The highest BCUT2D eigenvalue weighted by molar-refractivity contribution is 6.33. The lowest BCUT2D eigenvalue weighted by molar-refractivity contribution is -0.137. The van der Waals surface area contributed by atoms with Gasteiger partial charge in [0.1, 0.15) is 0 Å². The number of anilines is 1. The van der Waals surface area contributed by atoms with Gasteiger partial charge >= 0.3 is 6.18 Å². The van der Waals surface area contributed by atoms with Crippen LogP contribution >= 0.6 is 11.6 Å². The summed E-state index contributed by atoms with van der Waals surface area (Å²) in [5.41, 5.74) is -0.649. The summed E-state index contributed by atoms with van der Waals surface area (Å²) in [7, 11) is 0. The second kappa shape index (κ2) is 9.54. The van der Waals surface area contributed by atoms with Gasteiger partial charge in [0, 0.05) is 32.6 Å². The summed E-state index contributed by atoms with van der Waals surface area (Å²) < 4.78 is 39.8. The smallest absolute Gasteiger partial charge is 0.342 e. The number of aromatic nitrogens is 2. The number of carbonyl (C=O) groups is 2. The first kappa shape index (κ1) is 23.3. The molecule has 2 fully saturated rings. The van der Waals surface area contributed by atoms with Crippen molar-refractivity contribution in [2.45, 2.75) is 37.9 Å². The first-order chi connectivity index (χ1) is 15.7. The zero-order valence-electron chi connectivity index (χ0n) is 17.7. The lowest BCUT2D eigenvalue weighted by atomic mass is 10.0. The molecular weight excluding hydrogens is 459 g/mol. The molecule has 0 bridgehead atoms. The number of benzene rings is 1. The Morgan fingerprint density at radius 3 is 2.61 bits per heavy atom. The quantitative estimate of drug-likeness (QED) is 0.678. The summed E-state index contributed by atoms with van der Waals surface area (Å²) >= 11 is 6.19. The van der Waals surface area contributed by atoms with Crippen molar-refractivity contribution in [3.05, 3.63) is 52.3 Å². The van der Waals surface area contributed by atoms with Crippen molar-refractivity contribution in [1.82, 2.24) is 20.2 Å². The molecule has 0 aliphatic carbocycles. The molecule has 2 aromatic rings. The third kappa shape index (κ3) is 5.38. The summed E-state index contributed by atoms with van der Waals surface area (Å²) in [6, 6.07) is 3.86. The Bertz CT molecular complexity index is 1040. The van der Waals surface area contributed by atoms with Gasteiger partial charge in [0.05, 0.1) is 22.8 Å². The molecule has 2 aliphatic rings. The van der Waals surface area contributed by atoms with Crippen molar-refractivity contribution in [1.29, 1.82) is 0 Å². The van der Waals surface area contributed by atoms with Gasteiger partial charge in [-0.3, -0.25) is 9.59 Å². The highest BCUT2D eigenvalue weighted by Gasteiger charge is 2.32. The molecule has 176 valence electrons. The maximum absolute atomic E-state index is 13.3. The van der Waals surface area contributed by atoms with E-state index in [1.54, 1.807) is 4.90 Å². The molecule has 0 saturated carbocycles. The third-order valence-corrected chi connectivity index (χ3v) is 6.11. The summed E-state index contributed by atoms with van der Waals surface area (Å²) in [6.07, 6.45) is -0.155. The van der Waals surface area contributed by atoms with Crippen LogP contribution in [0.3, 0.4) is 0 Å². The van der Waals surface area contributed by atoms with E-state index in [4.69, 9.17) is 11.6 Å². The first-order valence-electron chi connectivity index (χ1n) is 10.8. The Balaban J connectivity index is 1.62. The van der Waals surface area contributed by atoms with Crippen molar-refractivity contribution in [2.24, 2.45) is 0 Å². The number of likely N-dealkylation sites (tertiary alicyclic amines) is 1. The average molecular weight is 482 g/mol. The van der Waals surface area contributed by atoms with E-state index in [2.05, 4.69) is 15.3 Å². The lowest BCUT2D eigenvalue weighted by Crippen LogP contribution is -2.39. The minimum atomic E-state index is -4.53. The van der Waals surface area contributed by atoms with Crippen LogP contribution in [0.2, 0.25) is 5.02 Å². The summed E-state index contributed by atoms with van der Waals surface area (Å²) in [4.78, 5) is 37.3. The van der Waals surface area contributed by atoms with E-state index in [0.717, 1.165) is 38.1 Å². The lowest BCUT2D eigenvalue weighted by Gasteiger charge is -2.26. The highest BCUT2D eigenvalue weighted by atomic mass is 35.5. The van der Waals surface area contributed by atoms with Gasteiger partial charge in [-0.25, -0.2) is 9.97 Å². The summed E-state index contributed by atoms with van der Waals surface area (Å²) in [5.74, 6) is -0.359. The normalized spacial score (nSPS) is 17.5. The number of hydrogen-bond donors (Lipinski definition) is 1. The fourth-order valence-electron chi connectivity index (χ4n) is 4.10. The van der Waals surface area contributed by atoms with Crippen LogP contribution in [-0.4, -0.2) is 52.9 Å². The van der Waals surface area contributed by atoms with Gasteiger partial charge in [0.2, 0.25) is 11.9 Å². The van der Waals surface area contributed by atoms with Crippen molar-refractivity contribution < 1.29 is 22.8 Å². The topological polar surface area (TPSA) is 78.4 Å². The second-order valence-corrected chi connectivity index (χ2v) is 8.56. The van der Waals surface area contributed by atoms with Crippen LogP contribution in [0.1, 0.15) is 53.3 Å². The van der Waals surface area contributed by atoms with Crippen LogP contribution in [-0.2, 0) is 11.0 Å². The minimum absolute atomic E-state index is 0.0375. The van der Waals surface area contributed by atoms with Crippen LogP contribution in [0.15, 0.2) is 30.5 Å². The molecule has 4 rings (SSSR count). The van der Waals surface area contributed by atoms with E-state index in [1.165, 1.54) is 18.3 Å². The highest BCUT2D eigenvalue weighted by Crippen LogP contribution is 2.31. The predicted octanol–water partition coefficient (Wildman–Crippen LogP) is 3.84. The molecule has 2 amide bonds. The maximum atomic E-state index is 13.3. The monoisotopic (exact) mass is 481 g/mol. The maximum Gasteiger partial charge on any atom is 0.416 e. The molecule has 1 atom stereocenters. The Kier molecular flexibility index (Phi) is 6.73. The minimum Gasteiger partial charge on any atom is -0.342 e. The number of nitrogens with zero attached hydrogens (tertiary/aromatic N) is 4. The molecule has 11 heteroatoms. The second-order valence-electron chi connectivity index (χ2n) is 8.15. The summed E-state index contributed by atoms with van der Waals surface area (Å²) in [6.45, 7) is 2.07. The van der Waals surface area contributed by atoms with Crippen molar-refractivity contribution >= 4 is 29.4 Å². The van der Waals surface area contributed by atoms with E-state index >= 15 is 0 Å². The van der Waals surface area contributed by atoms with Crippen LogP contribution in [0.5, 0.6) is 0 Å². The molecule has 33 heavy (non-hydrogen) atoms. The zero-order chi connectivity index (χ0) is 23.6. The van der Waals surface area contributed by atoms with Crippen molar-refractivity contribution in [3.8, 4) is 0 Å². The molecule has 1 unspecified atom stereocenters. The van der Waals surface area contributed by atoms with E-state index in [0.29, 0.717) is 25.3 Å². The molecule has 0 radical (unpaired) electrons. The molecule has 7 nitrogen and oxygen atoms in total. The van der Waals surface area contributed by atoms with Crippen molar-refractivity contribution in [2.75, 3.05) is 31.1 Å². The van der Waals surface area contributed by atoms with Gasteiger partial charge in [0.15, 0.2) is 5.69 Å². The first-order valence-corrected chi connectivity index (χ1v) is 11.1. The zero-order valence-corrected chi connectivity index (χ0v) is 18.5. The molecule has 2 saturated heterocycles. The largest absolute Gasteiger partial charge is 0.416 e. The number of rotatable bonds is 6. The van der Waals surface area contributed by atoms with E-state index in [1.807, 2.05) is 4.90 Å². The van der Waals surface area contributed by atoms with Gasteiger partial charge in [0.25, 0.3) is 5.91 Å². The van der Waals surface area contributed by atoms with Gasteiger partial charge in [-0.15, -0.1) is 0 Å². The standard InChI is InChI=1S/C22H23ClF3N5O2/c23-16-12-27-21(30-8-1-2-9-30)29-19(16)20(33)28-17(13-31-10-4-7-18(31)32)14-5-3-6-15(11-14)22(24,25)26/h3,5-6,11-12,17H,1-2,4,7-10,13H2,(H,28,33). The van der Waals surface area contributed by atoms with Crippen LogP contribution in [0.4, 0.5) is 19.1 Å². The van der Waals surface area contributed by atoms with E-state index in [-0.39, 0.29) is 28.7 Å². The molecule has 1 aromatic heterocycles. The molecule has 0 spiro atoms. The number of amides is 2. The number of alkyl halides is 3. The molecule has 2 aliphatic heterocycles. The number of nitrogens with one attached hydrogen (secondary N) is 1. The van der Waals surface area contributed by atoms with Gasteiger partial charge < -0.3 is 15.1 Å². The Labute approximate surface area is 193 Å². The van der Waals surface area contributed by atoms with Gasteiger partial charge in [-0.2, -0.15) is 13.2 Å². The Morgan fingerprint density at radius 2 is 1.94 bits per heavy atom. The fraction of sp³-hybridized carbons (Fsp3) is 0.455. The molecule has 1 N–H and O–H groups in total. The van der Waals surface area contributed by atoms with E-state index in [9.17, 15) is 22.8 Å². The van der Waals surface area contributed by atoms with Crippen molar-refractivity contribution in [3.63, 3.8) is 0 Å². The average Bonchev–Trinajstić information content (AvgIpc) is 3.45. The number of carbonyl (C=O) groups excluding carboxylic acids is 2. The van der Waals surface area contributed by atoms with Crippen LogP contribution < -0.4 is 10.2 Å². The Hall–Kier alpha value is -2.88. The van der Waals surface area contributed by atoms with E-state index < -0.39 is 23.7 Å². The number of halogens is 4. The molecular formula is C22H23ClF3N5O2. The third-order valence-electron chi connectivity index (χ3n) is 5.83. The summed E-state index contributed by atoms with van der Waals surface area (Å²) in [5, 5.41) is 2.78. The SMILES string of the molecule is O=C(NC(CN1CCCC1=O)c1cccc(C(F)(F)F)c1)c1nc(N2CCCC2)ncc1Cl. The van der Waals surface area contributed by atoms with Crippen LogP contribution in [0.25, 0.3) is 0 Å². The fourth-order valence-corrected chi connectivity index (χ4v) is 4.27. The number of hydrogen-bond acceptors (Lipinski definition) is 5. The van der Waals surface area contributed by atoms with Gasteiger partial charge in [-0.05, 0) is 37.0 Å². The molecule has 3 heterocycles. The predicted molar refractivity (Wildman–Crippen MR) is 116 cm³/mol. The van der Waals surface area contributed by atoms with Crippen LogP contribution in [0, 0.1) is 0 Å². The molecule has 1 aromatic carbocycles. The Morgan fingerprint density at radius 1 is 1.18 bits per heavy atom. The van der Waals surface area contributed by atoms with Gasteiger partial charge in [-0.1, -0.05) is 23.7 Å².